The Hall–Kier alpha value is -2.96. The van der Waals surface area contributed by atoms with Crippen LogP contribution in [0.5, 0.6) is 0 Å². The topological polar surface area (TPSA) is 61.4 Å². The summed E-state index contributed by atoms with van der Waals surface area (Å²) >= 11 is 0. The Labute approximate surface area is 175 Å². The number of carbonyl (C=O) groups excluding carboxylic acids is 2. The van der Waals surface area contributed by atoms with Gasteiger partial charge < -0.3 is 15.5 Å². The Morgan fingerprint density at radius 2 is 1.57 bits per heavy atom. The predicted octanol–water partition coefficient (Wildman–Crippen LogP) is 4.93. The van der Waals surface area contributed by atoms with Crippen molar-refractivity contribution in [2.45, 2.75) is 51.1 Å². The molecule has 0 heterocycles. The number of halogens is 2. The summed E-state index contributed by atoms with van der Waals surface area (Å²) in [4.78, 5) is 25.8. The Morgan fingerprint density at radius 3 is 2.13 bits per heavy atom. The van der Waals surface area contributed by atoms with Crippen LogP contribution in [0.1, 0.15) is 39.0 Å². The average molecular weight is 415 g/mol. The van der Waals surface area contributed by atoms with E-state index in [0.717, 1.165) is 31.7 Å². The summed E-state index contributed by atoms with van der Waals surface area (Å²) in [6, 6.07) is 10.3. The van der Waals surface area contributed by atoms with Crippen LogP contribution in [-0.2, 0) is 4.79 Å². The highest BCUT2D eigenvalue weighted by atomic mass is 19.1. The fourth-order valence-corrected chi connectivity index (χ4v) is 3.78. The van der Waals surface area contributed by atoms with Crippen molar-refractivity contribution in [3.8, 4) is 11.1 Å². The lowest BCUT2D eigenvalue weighted by molar-refractivity contribution is -0.121. The third-order valence-electron chi connectivity index (χ3n) is 5.58. The van der Waals surface area contributed by atoms with Crippen LogP contribution >= 0.6 is 0 Å². The molecular formula is C23H27F2N3O2. The number of urea groups is 1. The van der Waals surface area contributed by atoms with Gasteiger partial charge in [0.15, 0.2) is 0 Å². The Morgan fingerprint density at radius 1 is 0.967 bits per heavy atom. The lowest BCUT2D eigenvalue weighted by Crippen LogP contribution is -2.45. The van der Waals surface area contributed by atoms with E-state index >= 15 is 0 Å². The van der Waals surface area contributed by atoms with Crippen LogP contribution in [-0.4, -0.2) is 36.0 Å². The molecule has 3 amide bonds. The van der Waals surface area contributed by atoms with Gasteiger partial charge in [-0.05, 0) is 61.1 Å². The van der Waals surface area contributed by atoms with Gasteiger partial charge in [-0.3, -0.25) is 4.79 Å². The molecule has 0 aromatic heterocycles. The molecular weight excluding hydrogens is 388 g/mol. The minimum absolute atomic E-state index is 0.0639. The van der Waals surface area contributed by atoms with Crippen molar-refractivity contribution >= 4 is 17.6 Å². The SMILES string of the molecule is CCC(=O)NC1CCC(N(C)C(=O)Nc2ccc(-c3cc(F)cc(F)c3)cc2)CC1. The largest absolute Gasteiger partial charge is 0.353 e. The van der Waals surface area contributed by atoms with Gasteiger partial charge in [0.05, 0.1) is 0 Å². The van der Waals surface area contributed by atoms with Crippen LogP contribution < -0.4 is 10.6 Å². The second-order valence-corrected chi connectivity index (χ2v) is 7.70. The molecule has 2 N–H and O–H groups in total. The third-order valence-corrected chi connectivity index (χ3v) is 5.58. The van der Waals surface area contributed by atoms with E-state index in [-0.39, 0.29) is 24.0 Å². The molecule has 0 atom stereocenters. The van der Waals surface area contributed by atoms with E-state index in [9.17, 15) is 18.4 Å². The fourth-order valence-electron chi connectivity index (χ4n) is 3.78. The first kappa shape index (κ1) is 21.7. The molecule has 1 saturated carbocycles. The van der Waals surface area contributed by atoms with Gasteiger partial charge in [-0.1, -0.05) is 19.1 Å². The number of anilines is 1. The van der Waals surface area contributed by atoms with Gasteiger partial charge in [0.25, 0.3) is 0 Å². The minimum atomic E-state index is -0.631. The van der Waals surface area contributed by atoms with Crippen molar-refractivity contribution in [3.05, 3.63) is 54.1 Å². The van der Waals surface area contributed by atoms with E-state index in [1.54, 1.807) is 36.2 Å². The standard InChI is InChI=1S/C23H27F2N3O2/c1-3-22(29)26-19-8-10-21(11-9-19)28(2)23(30)27-20-6-4-15(5-7-20)16-12-17(24)14-18(25)13-16/h4-7,12-14,19,21H,3,8-11H2,1-2H3,(H,26,29)(H,27,30). The van der Waals surface area contributed by atoms with Crippen LogP contribution in [0.25, 0.3) is 11.1 Å². The molecule has 0 radical (unpaired) electrons. The highest BCUT2D eigenvalue weighted by Crippen LogP contribution is 2.25. The molecule has 1 aliphatic carbocycles. The van der Waals surface area contributed by atoms with Gasteiger partial charge in [-0.25, -0.2) is 13.6 Å². The third kappa shape index (κ3) is 5.55. The van der Waals surface area contributed by atoms with E-state index in [4.69, 9.17) is 0 Å². The van der Waals surface area contributed by atoms with Crippen LogP contribution in [0.4, 0.5) is 19.3 Å². The molecule has 2 aromatic rings. The summed E-state index contributed by atoms with van der Waals surface area (Å²) in [7, 11) is 1.77. The molecule has 1 fully saturated rings. The second-order valence-electron chi connectivity index (χ2n) is 7.70. The summed E-state index contributed by atoms with van der Waals surface area (Å²) in [5.74, 6) is -1.20. The number of nitrogens with one attached hydrogen (secondary N) is 2. The van der Waals surface area contributed by atoms with Crippen molar-refractivity contribution < 1.29 is 18.4 Å². The van der Waals surface area contributed by atoms with Crippen molar-refractivity contribution in [3.63, 3.8) is 0 Å². The molecule has 2 aromatic carbocycles. The second kappa shape index (κ2) is 9.69. The number of carbonyl (C=O) groups is 2. The number of hydrogen-bond acceptors (Lipinski definition) is 2. The summed E-state index contributed by atoms with van der Waals surface area (Å²) in [6.07, 6.45) is 3.86. The molecule has 3 rings (SSSR count). The van der Waals surface area contributed by atoms with Crippen LogP contribution in [0.15, 0.2) is 42.5 Å². The maximum absolute atomic E-state index is 13.4. The lowest BCUT2D eigenvalue weighted by Gasteiger charge is -2.35. The minimum Gasteiger partial charge on any atom is -0.353 e. The summed E-state index contributed by atoms with van der Waals surface area (Å²) in [5, 5.41) is 5.88. The maximum Gasteiger partial charge on any atom is 0.321 e. The molecule has 0 spiro atoms. The lowest BCUT2D eigenvalue weighted by atomic mass is 9.90. The first-order valence-corrected chi connectivity index (χ1v) is 10.3. The molecule has 5 nitrogen and oxygen atoms in total. The molecule has 0 aliphatic heterocycles. The number of benzene rings is 2. The van der Waals surface area contributed by atoms with Crippen LogP contribution in [0, 0.1) is 11.6 Å². The highest BCUT2D eigenvalue weighted by Gasteiger charge is 2.27. The highest BCUT2D eigenvalue weighted by molar-refractivity contribution is 5.89. The summed E-state index contributed by atoms with van der Waals surface area (Å²) in [6.45, 7) is 1.84. The van der Waals surface area contributed by atoms with Gasteiger partial charge in [-0.2, -0.15) is 0 Å². The molecule has 0 unspecified atom stereocenters. The van der Waals surface area contributed by atoms with E-state index in [2.05, 4.69) is 10.6 Å². The average Bonchev–Trinajstić information content (AvgIpc) is 2.73. The number of nitrogens with zero attached hydrogens (tertiary/aromatic N) is 1. The van der Waals surface area contributed by atoms with Gasteiger partial charge in [0, 0.05) is 37.3 Å². The maximum atomic E-state index is 13.4. The quantitative estimate of drug-likeness (QED) is 0.727. The molecule has 160 valence electrons. The predicted molar refractivity (Wildman–Crippen MR) is 113 cm³/mol. The Balaban J connectivity index is 1.55. The Bertz CT molecular complexity index is 874. The summed E-state index contributed by atoms with van der Waals surface area (Å²) < 4.78 is 26.8. The number of hydrogen-bond donors (Lipinski definition) is 2. The van der Waals surface area contributed by atoms with E-state index < -0.39 is 11.6 Å². The first-order chi connectivity index (χ1) is 14.4. The fraction of sp³-hybridized carbons (Fsp3) is 0.391. The number of amides is 3. The van der Waals surface area contributed by atoms with Crippen LogP contribution in [0.2, 0.25) is 0 Å². The monoisotopic (exact) mass is 415 g/mol. The van der Waals surface area contributed by atoms with E-state index in [1.807, 2.05) is 6.92 Å². The van der Waals surface area contributed by atoms with Crippen molar-refractivity contribution in [2.24, 2.45) is 0 Å². The number of rotatable bonds is 5. The van der Waals surface area contributed by atoms with Crippen molar-refractivity contribution in [1.29, 1.82) is 0 Å². The van der Waals surface area contributed by atoms with Crippen LogP contribution in [0.3, 0.4) is 0 Å². The summed E-state index contributed by atoms with van der Waals surface area (Å²) in [5.41, 5.74) is 1.71. The van der Waals surface area contributed by atoms with Crippen molar-refractivity contribution in [2.75, 3.05) is 12.4 Å². The zero-order chi connectivity index (χ0) is 21.7. The Kier molecular flexibility index (Phi) is 7.03. The zero-order valence-corrected chi connectivity index (χ0v) is 17.3. The van der Waals surface area contributed by atoms with Crippen molar-refractivity contribution in [1.82, 2.24) is 10.2 Å². The molecule has 1 aliphatic rings. The van der Waals surface area contributed by atoms with Gasteiger partial charge in [0.2, 0.25) is 5.91 Å². The smallest absolute Gasteiger partial charge is 0.321 e. The van der Waals surface area contributed by atoms with E-state index in [1.165, 1.54) is 12.1 Å². The zero-order valence-electron chi connectivity index (χ0n) is 17.3. The van der Waals surface area contributed by atoms with E-state index in [0.29, 0.717) is 23.2 Å². The molecule has 7 heteroatoms. The van der Waals surface area contributed by atoms with Gasteiger partial charge >= 0.3 is 6.03 Å². The first-order valence-electron chi connectivity index (χ1n) is 10.3. The molecule has 30 heavy (non-hydrogen) atoms. The molecule has 0 saturated heterocycles. The van der Waals surface area contributed by atoms with Gasteiger partial charge in [-0.15, -0.1) is 0 Å². The normalized spacial score (nSPS) is 18.5. The molecule has 0 bridgehead atoms. The van der Waals surface area contributed by atoms with Gasteiger partial charge in [0.1, 0.15) is 11.6 Å².